The lowest BCUT2D eigenvalue weighted by molar-refractivity contribution is -0.120. The molecule has 1 aliphatic heterocycles. The number of carbonyl (C=O) groups is 1. The number of halogens is 1. The number of benzene rings is 2. The van der Waals surface area contributed by atoms with Crippen LogP contribution in [0, 0.1) is 17.1 Å². The molecule has 1 fully saturated rings. The number of methoxy groups -OCH3 is 1. The van der Waals surface area contributed by atoms with Gasteiger partial charge in [-0.3, -0.25) is 9.69 Å². The Morgan fingerprint density at radius 3 is 2.72 bits per heavy atom. The average Bonchev–Trinajstić information content (AvgIpc) is 3.16. The van der Waals surface area contributed by atoms with Crippen LogP contribution >= 0.6 is 0 Å². The van der Waals surface area contributed by atoms with E-state index in [2.05, 4.69) is 17.0 Å². The Morgan fingerprint density at radius 2 is 2.03 bits per heavy atom. The lowest BCUT2D eigenvalue weighted by atomic mass is 10.0. The monoisotopic (exact) mass is 395 g/mol. The molecular formula is C23H26FN3O2. The van der Waals surface area contributed by atoms with E-state index in [0.717, 1.165) is 31.6 Å². The molecule has 0 aliphatic carbocycles. The van der Waals surface area contributed by atoms with E-state index in [-0.39, 0.29) is 37.1 Å². The van der Waals surface area contributed by atoms with E-state index >= 15 is 0 Å². The van der Waals surface area contributed by atoms with Crippen molar-refractivity contribution >= 4 is 11.6 Å². The van der Waals surface area contributed by atoms with Crippen molar-refractivity contribution in [3.63, 3.8) is 0 Å². The topological polar surface area (TPSA) is 56.6 Å². The molecule has 152 valence electrons. The highest BCUT2D eigenvalue weighted by Gasteiger charge is 2.29. The van der Waals surface area contributed by atoms with Crippen LogP contribution in [-0.2, 0) is 11.2 Å². The lowest BCUT2D eigenvalue weighted by Crippen LogP contribution is -2.43. The summed E-state index contributed by atoms with van der Waals surface area (Å²) in [7, 11) is 1.65. The van der Waals surface area contributed by atoms with E-state index in [1.165, 1.54) is 16.5 Å². The molecule has 6 heteroatoms. The fourth-order valence-corrected chi connectivity index (χ4v) is 3.84. The summed E-state index contributed by atoms with van der Waals surface area (Å²) in [6, 6.07) is 16.5. The van der Waals surface area contributed by atoms with Crippen molar-refractivity contribution in [2.45, 2.75) is 31.7 Å². The fourth-order valence-electron chi connectivity index (χ4n) is 3.84. The number of carbonyl (C=O) groups excluding carboxylic acids is 1. The number of rotatable bonds is 8. The Bertz CT molecular complexity index is 863. The first-order chi connectivity index (χ1) is 14.1. The number of para-hydroxylation sites is 1. The molecule has 0 saturated carbocycles. The highest BCUT2D eigenvalue weighted by Crippen LogP contribution is 2.24. The molecule has 3 rings (SSSR count). The minimum absolute atomic E-state index is 0.162. The second-order valence-corrected chi connectivity index (χ2v) is 7.22. The van der Waals surface area contributed by atoms with Gasteiger partial charge in [-0.05, 0) is 55.6 Å². The number of ether oxygens (including phenoxy) is 1. The Kier molecular flexibility index (Phi) is 7.20. The molecule has 0 aromatic heterocycles. The Balaban J connectivity index is 1.69. The van der Waals surface area contributed by atoms with Crippen LogP contribution in [0.4, 0.5) is 10.1 Å². The van der Waals surface area contributed by atoms with Crippen LogP contribution in [-0.4, -0.2) is 43.6 Å². The van der Waals surface area contributed by atoms with Crippen LogP contribution in [0.15, 0.2) is 48.5 Å². The van der Waals surface area contributed by atoms with Crippen molar-refractivity contribution in [3.8, 4) is 11.8 Å². The maximum Gasteiger partial charge on any atom is 0.241 e. The van der Waals surface area contributed by atoms with Crippen molar-refractivity contribution in [3.05, 3.63) is 59.9 Å². The van der Waals surface area contributed by atoms with Gasteiger partial charge in [-0.1, -0.05) is 24.3 Å². The molecule has 2 aromatic rings. The molecule has 1 unspecified atom stereocenters. The largest absolute Gasteiger partial charge is 0.497 e. The second-order valence-electron chi connectivity index (χ2n) is 7.22. The molecule has 0 spiro atoms. The minimum Gasteiger partial charge on any atom is -0.497 e. The third kappa shape index (κ3) is 5.33. The number of nitriles is 1. The van der Waals surface area contributed by atoms with Gasteiger partial charge in [0.2, 0.25) is 5.91 Å². The summed E-state index contributed by atoms with van der Waals surface area (Å²) in [4.78, 5) is 16.6. The van der Waals surface area contributed by atoms with Crippen molar-refractivity contribution in [2.75, 3.05) is 31.6 Å². The van der Waals surface area contributed by atoms with Crippen molar-refractivity contribution in [1.29, 1.82) is 5.26 Å². The maximum absolute atomic E-state index is 14.3. The predicted octanol–water partition coefficient (Wildman–Crippen LogP) is 3.79. The van der Waals surface area contributed by atoms with Crippen LogP contribution in [0.3, 0.4) is 0 Å². The molecule has 1 amide bonds. The number of hydrogen-bond donors (Lipinski definition) is 0. The zero-order valence-corrected chi connectivity index (χ0v) is 16.7. The standard InChI is InChI=1S/C23H26FN3O2/c1-29-20-11-9-18(10-12-20)16-19-6-4-14-26(19)17-23(28)27(15-5-13-25)22-8-3-2-7-21(22)24/h2-3,7-12,19H,4-6,14-17H2,1H3. The van der Waals surface area contributed by atoms with E-state index < -0.39 is 5.82 Å². The van der Waals surface area contributed by atoms with Crippen LogP contribution < -0.4 is 9.64 Å². The molecular weight excluding hydrogens is 369 g/mol. The van der Waals surface area contributed by atoms with Crippen molar-refractivity contribution < 1.29 is 13.9 Å². The molecule has 0 N–H and O–H groups in total. The number of hydrogen-bond acceptors (Lipinski definition) is 4. The van der Waals surface area contributed by atoms with Crippen LogP contribution in [0.1, 0.15) is 24.8 Å². The molecule has 1 heterocycles. The Morgan fingerprint density at radius 1 is 1.28 bits per heavy atom. The molecule has 1 atom stereocenters. The smallest absolute Gasteiger partial charge is 0.241 e. The summed E-state index contributed by atoms with van der Waals surface area (Å²) in [6.45, 7) is 1.25. The van der Waals surface area contributed by atoms with Gasteiger partial charge >= 0.3 is 0 Å². The first-order valence-corrected chi connectivity index (χ1v) is 9.91. The van der Waals surface area contributed by atoms with Gasteiger partial charge in [0, 0.05) is 12.6 Å². The summed E-state index contributed by atoms with van der Waals surface area (Å²) < 4.78 is 19.5. The highest BCUT2D eigenvalue weighted by atomic mass is 19.1. The molecule has 1 aliphatic rings. The van der Waals surface area contributed by atoms with E-state index in [9.17, 15) is 9.18 Å². The van der Waals surface area contributed by atoms with Gasteiger partial charge in [-0.15, -0.1) is 0 Å². The van der Waals surface area contributed by atoms with Gasteiger partial charge in [0.15, 0.2) is 0 Å². The summed E-state index contributed by atoms with van der Waals surface area (Å²) in [6.07, 6.45) is 3.08. The van der Waals surface area contributed by atoms with Gasteiger partial charge in [0.05, 0.1) is 31.8 Å². The zero-order chi connectivity index (χ0) is 20.6. The van der Waals surface area contributed by atoms with E-state index in [0.29, 0.717) is 0 Å². The van der Waals surface area contributed by atoms with Crippen LogP contribution in [0.5, 0.6) is 5.75 Å². The van der Waals surface area contributed by atoms with E-state index in [4.69, 9.17) is 10.00 Å². The SMILES string of the molecule is COc1ccc(CC2CCCN2CC(=O)N(CCC#N)c2ccccc2F)cc1. The average molecular weight is 395 g/mol. The Labute approximate surface area is 171 Å². The molecule has 1 saturated heterocycles. The van der Waals surface area contributed by atoms with Crippen LogP contribution in [0.25, 0.3) is 0 Å². The number of nitrogens with zero attached hydrogens (tertiary/aromatic N) is 3. The Hall–Kier alpha value is -2.91. The summed E-state index contributed by atoms with van der Waals surface area (Å²) in [5, 5.41) is 8.94. The fraction of sp³-hybridized carbons (Fsp3) is 0.391. The number of anilines is 1. The van der Waals surface area contributed by atoms with Crippen LogP contribution in [0.2, 0.25) is 0 Å². The third-order valence-corrected chi connectivity index (χ3v) is 5.36. The number of amides is 1. The van der Waals surface area contributed by atoms with Gasteiger partial charge in [0.25, 0.3) is 0 Å². The lowest BCUT2D eigenvalue weighted by Gasteiger charge is -2.28. The predicted molar refractivity (Wildman–Crippen MR) is 110 cm³/mol. The minimum atomic E-state index is -0.449. The first-order valence-electron chi connectivity index (χ1n) is 9.91. The van der Waals surface area contributed by atoms with Gasteiger partial charge in [-0.2, -0.15) is 5.26 Å². The number of likely N-dealkylation sites (tertiary alicyclic amines) is 1. The maximum atomic E-state index is 14.3. The highest BCUT2D eigenvalue weighted by molar-refractivity contribution is 5.95. The van der Waals surface area contributed by atoms with Gasteiger partial charge < -0.3 is 9.64 Å². The van der Waals surface area contributed by atoms with Gasteiger partial charge in [0.1, 0.15) is 11.6 Å². The van der Waals surface area contributed by atoms with Gasteiger partial charge in [-0.25, -0.2) is 4.39 Å². The quantitative estimate of drug-likeness (QED) is 0.682. The molecule has 0 radical (unpaired) electrons. The molecule has 29 heavy (non-hydrogen) atoms. The molecule has 0 bridgehead atoms. The summed E-state index contributed by atoms with van der Waals surface area (Å²) >= 11 is 0. The second kappa shape index (κ2) is 10.0. The normalized spacial score (nSPS) is 16.4. The zero-order valence-electron chi connectivity index (χ0n) is 16.7. The first kappa shape index (κ1) is 20.8. The summed E-state index contributed by atoms with van der Waals surface area (Å²) in [5.41, 5.74) is 1.43. The molecule has 2 aromatic carbocycles. The molecule has 5 nitrogen and oxygen atoms in total. The van der Waals surface area contributed by atoms with Crippen molar-refractivity contribution in [2.24, 2.45) is 0 Å². The summed E-state index contributed by atoms with van der Waals surface area (Å²) in [5.74, 6) is 0.201. The van der Waals surface area contributed by atoms with E-state index in [1.807, 2.05) is 18.2 Å². The third-order valence-electron chi connectivity index (χ3n) is 5.36. The van der Waals surface area contributed by atoms with Crippen molar-refractivity contribution in [1.82, 2.24) is 4.90 Å². The van der Waals surface area contributed by atoms with E-state index in [1.54, 1.807) is 25.3 Å².